The maximum absolute atomic E-state index is 12.8. The summed E-state index contributed by atoms with van der Waals surface area (Å²) in [4.78, 5) is 26.7. The summed E-state index contributed by atoms with van der Waals surface area (Å²) in [6, 6.07) is 13.2. The van der Waals surface area contributed by atoms with Gasteiger partial charge in [-0.05, 0) is 55.8 Å². The number of rotatable bonds is 8. The Morgan fingerprint density at radius 2 is 1.90 bits per heavy atom. The molecule has 0 saturated heterocycles. The predicted molar refractivity (Wildman–Crippen MR) is 113 cm³/mol. The third-order valence-electron chi connectivity index (χ3n) is 3.99. The minimum absolute atomic E-state index is 0.142. The highest BCUT2D eigenvalue weighted by Gasteiger charge is 2.24. The summed E-state index contributed by atoms with van der Waals surface area (Å²) >= 11 is 12.0. The number of carbonyl (C=O) groups is 2. The largest absolute Gasteiger partial charge is 0.481 e. The topological polar surface area (TPSA) is 82.4 Å². The van der Waals surface area contributed by atoms with Crippen LogP contribution >= 0.6 is 23.2 Å². The molecule has 1 atom stereocenters. The lowest BCUT2D eigenvalue weighted by molar-refractivity contribution is -0.140. The maximum Gasteiger partial charge on any atom is 0.263 e. The summed E-state index contributed by atoms with van der Waals surface area (Å²) in [7, 11) is 0. The SMILES string of the molecule is CCCN(CC(=O)Nc1cc(Cl)ccc1Cl)C(=O)C(C)Oc1ccc(C#N)cc1. The van der Waals surface area contributed by atoms with Gasteiger partial charge in [0.2, 0.25) is 5.91 Å². The second kappa shape index (κ2) is 10.7. The fraction of sp³-hybridized carbons (Fsp3) is 0.286. The van der Waals surface area contributed by atoms with Crippen molar-refractivity contribution in [3.63, 3.8) is 0 Å². The van der Waals surface area contributed by atoms with Gasteiger partial charge in [-0.2, -0.15) is 5.26 Å². The third-order valence-corrected chi connectivity index (χ3v) is 4.55. The average molecular weight is 434 g/mol. The van der Waals surface area contributed by atoms with E-state index in [1.165, 1.54) is 4.90 Å². The van der Waals surface area contributed by atoms with Crippen LogP contribution in [0, 0.1) is 11.3 Å². The Kier molecular flexibility index (Phi) is 8.32. The van der Waals surface area contributed by atoms with E-state index >= 15 is 0 Å². The Balaban J connectivity index is 2.02. The first-order chi connectivity index (χ1) is 13.8. The zero-order valence-electron chi connectivity index (χ0n) is 16.1. The maximum atomic E-state index is 12.8. The van der Waals surface area contributed by atoms with Gasteiger partial charge in [0.1, 0.15) is 5.75 Å². The number of halogens is 2. The highest BCUT2D eigenvalue weighted by Crippen LogP contribution is 2.25. The summed E-state index contributed by atoms with van der Waals surface area (Å²) < 4.78 is 5.67. The molecule has 8 heteroatoms. The fourth-order valence-electron chi connectivity index (χ4n) is 2.61. The molecule has 2 rings (SSSR count). The minimum atomic E-state index is -0.794. The number of hydrogen-bond acceptors (Lipinski definition) is 4. The number of amides is 2. The summed E-state index contributed by atoms with van der Waals surface area (Å²) in [5.74, 6) is -0.235. The molecule has 2 aromatic rings. The number of carbonyl (C=O) groups excluding carboxylic acids is 2. The number of benzene rings is 2. The molecule has 0 bridgehead atoms. The van der Waals surface area contributed by atoms with Crippen molar-refractivity contribution in [2.45, 2.75) is 26.4 Å². The van der Waals surface area contributed by atoms with E-state index in [1.807, 2.05) is 13.0 Å². The highest BCUT2D eigenvalue weighted by molar-refractivity contribution is 6.35. The number of nitriles is 1. The van der Waals surface area contributed by atoms with Crippen LogP contribution in [0.15, 0.2) is 42.5 Å². The van der Waals surface area contributed by atoms with Gasteiger partial charge in [0.25, 0.3) is 5.91 Å². The second-order valence-electron chi connectivity index (χ2n) is 6.33. The van der Waals surface area contributed by atoms with Gasteiger partial charge in [-0.1, -0.05) is 30.1 Å². The number of nitrogens with zero attached hydrogens (tertiary/aromatic N) is 2. The van der Waals surface area contributed by atoms with E-state index < -0.39 is 6.10 Å². The van der Waals surface area contributed by atoms with Crippen LogP contribution in [0.5, 0.6) is 5.75 Å². The first kappa shape index (κ1) is 22.5. The van der Waals surface area contributed by atoms with E-state index in [9.17, 15) is 9.59 Å². The predicted octanol–water partition coefficient (Wildman–Crippen LogP) is 4.51. The zero-order valence-corrected chi connectivity index (χ0v) is 17.6. The summed E-state index contributed by atoms with van der Waals surface area (Å²) in [5, 5.41) is 12.3. The van der Waals surface area contributed by atoms with E-state index in [4.69, 9.17) is 33.2 Å². The van der Waals surface area contributed by atoms with Gasteiger partial charge in [-0.15, -0.1) is 0 Å². The Bertz CT molecular complexity index is 910. The molecule has 0 aliphatic heterocycles. The molecule has 2 amide bonds. The van der Waals surface area contributed by atoms with Gasteiger partial charge < -0.3 is 15.0 Å². The van der Waals surface area contributed by atoms with E-state index in [-0.39, 0.29) is 18.4 Å². The van der Waals surface area contributed by atoms with Crippen molar-refractivity contribution in [2.24, 2.45) is 0 Å². The molecule has 0 aromatic heterocycles. The van der Waals surface area contributed by atoms with Gasteiger partial charge in [0.05, 0.1) is 28.9 Å². The summed E-state index contributed by atoms with van der Waals surface area (Å²) in [5.41, 5.74) is 0.884. The van der Waals surface area contributed by atoms with Crippen LogP contribution in [-0.4, -0.2) is 35.9 Å². The van der Waals surface area contributed by atoms with Crippen LogP contribution in [0.1, 0.15) is 25.8 Å². The van der Waals surface area contributed by atoms with Crippen molar-refractivity contribution in [3.8, 4) is 11.8 Å². The van der Waals surface area contributed by atoms with Crippen molar-refractivity contribution in [1.82, 2.24) is 4.90 Å². The minimum Gasteiger partial charge on any atom is -0.481 e. The molecular weight excluding hydrogens is 413 g/mol. The first-order valence-corrected chi connectivity index (χ1v) is 9.80. The lowest BCUT2D eigenvalue weighted by Crippen LogP contribution is -2.44. The van der Waals surface area contributed by atoms with Crippen molar-refractivity contribution in [3.05, 3.63) is 58.1 Å². The van der Waals surface area contributed by atoms with Crippen molar-refractivity contribution in [1.29, 1.82) is 5.26 Å². The lowest BCUT2D eigenvalue weighted by atomic mass is 10.2. The van der Waals surface area contributed by atoms with Gasteiger partial charge in [0, 0.05) is 11.6 Å². The molecule has 0 fully saturated rings. The molecule has 0 saturated carbocycles. The Labute approximate surface area is 180 Å². The second-order valence-corrected chi connectivity index (χ2v) is 7.17. The molecular formula is C21H21Cl2N3O3. The van der Waals surface area contributed by atoms with Gasteiger partial charge in [-0.3, -0.25) is 9.59 Å². The number of hydrogen-bond donors (Lipinski definition) is 1. The zero-order chi connectivity index (χ0) is 21.4. The Morgan fingerprint density at radius 1 is 1.21 bits per heavy atom. The van der Waals surface area contributed by atoms with Crippen LogP contribution < -0.4 is 10.1 Å². The van der Waals surface area contributed by atoms with E-state index in [0.717, 1.165) is 0 Å². The van der Waals surface area contributed by atoms with Crippen molar-refractivity contribution >= 4 is 40.7 Å². The van der Waals surface area contributed by atoms with Crippen LogP contribution in [0.2, 0.25) is 10.0 Å². The normalized spacial score (nSPS) is 11.3. The van der Waals surface area contributed by atoms with E-state index in [2.05, 4.69) is 5.32 Å². The van der Waals surface area contributed by atoms with Gasteiger partial charge >= 0.3 is 0 Å². The highest BCUT2D eigenvalue weighted by atomic mass is 35.5. The molecule has 0 heterocycles. The van der Waals surface area contributed by atoms with E-state index in [1.54, 1.807) is 49.4 Å². The first-order valence-electron chi connectivity index (χ1n) is 9.04. The number of anilines is 1. The van der Waals surface area contributed by atoms with E-state index in [0.29, 0.717) is 40.0 Å². The quantitative estimate of drug-likeness (QED) is 0.663. The molecule has 0 aliphatic carbocycles. The molecule has 1 unspecified atom stereocenters. The molecule has 6 nitrogen and oxygen atoms in total. The smallest absolute Gasteiger partial charge is 0.263 e. The number of nitrogens with one attached hydrogen (secondary N) is 1. The molecule has 1 N–H and O–H groups in total. The summed E-state index contributed by atoms with van der Waals surface area (Å²) in [6.45, 7) is 3.79. The van der Waals surface area contributed by atoms with Crippen LogP contribution in [0.3, 0.4) is 0 Å². The standard InChI is InChI=1S/C21H21Cl2N3O3/c1-3-10-26(13-20(27)25-19-11-16(22)6-9-18(19)23)21(28)14(2)29-17-7-4-15(12-24)5-8-17/h4-9,11,14H,3,10,13H2,1-2H3,(H,25,27). The van der Waals surface area contributed by atoms with Crippen LogP contribution in [0.4, 0.5) is 5.69 Å². The van der Waals surface area contributed by atoms with Crippen LogP contribution in [0.25, 0.3) is 0 Å². The van der Waals surface area contributed by atoms with Crippen LogP contribution in [-0.2, 0) is 9.59 Å². The monoisotopic (exact) mass is 433 g/mol. The molecule has 29 heavy (non-hydrogen) atoms. The Hall–Kier alpha value is -2.75. The van der Waals surface area contributed by atoms with Gasteiger partial charge in [-0.25, -0.2) is 0 Å². The molecule has 0 spiro atoms. The third kappa shape index (κ3) is 6.67. The van der Waals surface area contributed by atoms with Gasteiger partial charge in [0.15, 0.2) is 6.10 Å². The molecule has 152 valence electrons. The molecule has 0 aliphatic rings. The Morgan fingerprint density at radius 3 is 2.52 bits per heavy atom. The number of ether oxygens (including phenoxy) is 1. The van der Waals surface area contributed by atoms with Crippen molar-refractivity contribution in [2.75, 3.05) is 18.4 Å². The lowest BCUT2D eigenvalue weighted by Gasteiger charge is -2.25. The fourth-order valence-corrected chi connectivity index (χ4v) is 2.95. The molecule has 0 radical (unpaired) electrons. The molecule has 2 aromatic carbocycles. The summed E-state index contributed by atoms with van der Waals surface area (Å²) in [6.07, 6.45) is -0.113. The van der Waals surface area contributed by atoms with Crippen molar-refractivity contribution < 1.29 is 14.3 Å². The average Bonchev–Trinajstić information content (AvgIpc) is 2.70.